The van der Waals surface area contributed by atoms with Crippen molar-refractivity contribution >= 4 is 6.09 Å². The van der Waals surface area contributed by atoms with Gasteiger partial charge in [0.1, 0.15) is 5.60 Å². The highest BCUT2D eigenvalue weighted by atomic mass is 16.6. The topological polar surface area (TPSA) is 61.8 Å². The molecule has 0 bridgehead atoms. The molecule has 1 aliphatic heterocycles. The summed E-state index contributed by atoms with van der Waals surface area (Å²) in [5, 5.41) is 12.1. The van der Waals surface area contributed by atoms with Crippen molar-refractivity contribution in [1.29, 1.82) is 0 Å². The summed E-state index contributed by atoms with van der Waals surface area (Å²) in [5.41, 5.74) is 3.24. The smallest absolute Gasteiger partial charge is 0.410 e. The normalized spacial score (nSPS) is 17.5. The quantitative estimate of drug-likeness (QED) is 0.813. The van der Waals surface area contributed by atoms with Crippen LogP contribution in [0.5, 0.6) is 0 Å². The molecule has 1 aliphatic rings. The third kappa shape index (κ3) is 4.95. The molecule has 0 fully saturated rings. The molecule has 2 rings (SSSR count). The summed E-state index contributed by atoms with van der Waals surface area (Å²) in [7, 11) is 0. The number of hydrogen-bond donors (Lipinski definition) is 2. The number of fused-ring (bicyclic) bond motifs is 1. The monoisotopic (exact) mass is 334 g/mol. The highest BCUT2D eigenvalue weighted by Gasteiger charge is 2.31. The highest BCUT2D eigenvalue weighted by Crippen LogP contribution is 2.27. The van der Waals surface area contributed by atoms with Crippen LogP contribution in [0.1, 0.15) is 50.8 Å². The maximum absolute atomic E-state index is 12.5. The summed E-state index contributed by atoms with van der Waals surface area (Å²) in [6.45, 7) is 9.90. The second-order valence-corrected chi connectivity index (χ2v) is 7.38. The number of aliphatic hydroxyl groups excluding tert-OH is 1. The van der Waals surface area contributed by atoms with Crippen LogP contribution in [0.15, 0.2) is 18.2 Å². The lowest BCUT2D eigenvalue weighted by atomic mass is 9.91. The molecular formula is C19H30N2O3. The molecule has 1 heterocycles. The van der Waals surface area contributed by atoms with Gasteiger partial charge in [-0.3, -0.25) is 0 Å². The number of nitrogens with zero attached hydrogens (tertiary/aromatic N) is 1. The number of benzene rings is 1. The Morgan fingerprint density at radius 3 is 2.75 bits per heavy atom. The minimum absolute atomic E-state index is 0.147. The van der Waals surface area contributed by atoms with Gasteiger partial charge in [-0.15, -0.1) is 0 Å². The van der Waals surface area contributed by atoms with Gasteiger partial charge in [0.05, 0.1) is 6.61 Å². The maximum atomic E-state index is 12.5. The summed E-state index contributed by atoms with van der Waals surface area (Å²) in [4.78, 5) is 14.4. The van der Waals surface area contributed by atoms with Crippen molar-refractivity contribution in [2.75, 3.05) is 13.2 Å². The summed E-state index contributed by atoms with van der Waals surface area (Å²) < 4.78 is 5.57. The van der Waals surface area contributed by atoms with Gasteiger partial charge in [-0.05, 0) is 50.3 Å². The summed E-state index contributed by atoms with van der Waals surface area (Å²) in [5.74, 6) is 0. The van der Waals surface area contributed by atoms with Crippen LogP contribution in [-0.4, -0.2) is 40.9 Å². The van der Waals surface area contributed by atoms with Crippen LogP contribution >= 0.6 is 0 Å². The number of aliphatic hydroxyl groups is 1. The minimum Gasteiger partial charge on any atom is -0.444 e. The third-order valence-electron chi connectivity index (χ3n) is 4.22. The van der Waals surface area contributed by atoms with Crippen LogP contribution in [0.25, 0.3) is 0 Å². The second kappa shape index (κ2) is 7.99. The van der Waals surface area contributed by atoms with Crippen molar-refractivity contribution in [2.24, 2.45) is 0 Å². The second-order valence-electron chi connectivity index (χ2n) is 7.38. The van der Waals surface area contributed by atoms with Gasteiger partial charge in [0.2, 0.25) is 0 Å². The average molecular weight is 334 g/mol. The van der Waals surface area contributed by atoms with Crippen LogP contribution in [-0.2, 0) is 24.2 Å². The largest absolute Gasteiger partial charge is 0.444 e. The molecule has 1 unspecified atom stereocenters. The van der Waals surface area contributed by atoms with Crippen LogP contribution in [0.2, 0.25) is 0 Å². The minimum atomic E-state index is -0.474. The first-order valence-corrected chi connectivity index (χ1v) is 8.76. The fraction of sp³-hybridized carbons (Fsp3) is 0.632. The lowest BCUT2D eigenvalue weighted by Crippen LogP contribution is -2.46. The lowest BCUT2D eigenvalue weighted by molar-refractivity contribution is 0.0115. The number of rotatable bonds is 5. The fourth-order valence-electron chi connectivity index (χ4n) is 3.02. The van der Waals surface area contributed by atoms with Crippen LogP contribution in [0.3, 0.4) is 0 Å². The van der Waals surface area contributed by atoms with E-state index in [1.165, 1.54) is 16.7 Å². The van der Waals surface area contributed by atoms with Gasteiger partial charge < -0.3 is 20.1 Å². The zero-order valence-corrected chi connectivity index (χ0v) is 15.3. The number of hydrogen-bond acceptors (Lipinski definition) is 4. The molecule has 1 aromatic rings. The van der Waals surface area contributed by atoms with Crippen molar-refractivity contribution < 1.29 is 14.6 Å². The van der Waals surface area contributed by atoms with Crippen molar-refractivity contribution in [1.82, 2.24) is 10.2 Å². The van der Waals surface area contributed by atoms with E-state index in [1.54, 1.807) is 0 Å². The molecule has 0 saturated carbocycles. The van der Waals surface area contributed by atoms with Crippen molar-refractivity contribution in [2.45, 2.75) is 65.3 Å². The summed E-state index contributed by atoms with van der Waals surface area (Å²) in [6.07, 6.45) is 1.54. The standard InChI is InChI=1S/C19H30N2O3/c1-5-17-11-16-10-14(12-20-8-9-22)6-7-15(16)13-21(17)18(23)24-19(2,3)4/h6-7,10,17,20,22H,5,8-9,11-13H2,1-4H3. The van der Waals surface area contributed by atoms with Gasteiger partial charge in [-0.25, -0.2) is 4.79 Å². The Labute approximate surface area is 145 Å². The fourth-order valence-corrected chi connectivity index (χ4v) is 3.02. The van der Waals surface area contributed by atoms with E-state index in [1.807, 2.05) is 25.7 Å². The van der Waals surface area contributed by atoms with Crippen LogP contribution in [0.4, 0.5) is 4.79 Å². The predicted octanol–water partition coefficient (Wildman–Crippen LogP) is 2.84. The number of ether oxygens (including phenoxy) is 1. The molecule has 24 heavy (non-hydrogen) atoms. The molecule has 5 nitrogen and oxygen atoms in total. The van der Waals surface area contributed by atoms with Gasteiger partial charge in [-0.1, -0.05) is 25.1 Å². The van der Waals surface area contributed by atoms with E-state index >= 15 is 0 Å². The van der Waals surface area contributed by atoms with Gasteiger partial charge in [0.25, 0.3) is 0 Å². The van der Waals surface area contributed by atoms with Crippen LogP contribution < -0.4 is 5.32 Å². The number of carbonyl (C=O) groups excluding carboxylic acids is 1. The van der Waals surface area contributed by atoms with E-state index < -0.39 is 5.60 Å². The molecule has 2 N–H and O–H groups in total. The SMILES string of the molecule is CCC1Cc2cc(CNCCO)ccc2CN1C(=O)OC(C)(C)C. The summed E-state index contributed by atoms with van der Waals surface area (Å²) in [6, 6.07) is 6.58. The Morgan fingerprint density at radius 1 is 1.38 bits per heavy atom. The van der Waals surface area contributed by atoms with Gasteiger partial charge in [0.15, 0.2) is 0 Å². The van der Waals surface area contributed by atoms with E-state index in [2.05, 4.69) is 30.4 Å². The van der Waals surface area contributed by atoms with Gasteiger partial charge >= 0.3 is 6.09 Å². The predicted molar refractivity (Wildman–Crippen MR) is 94.8 cm³/mol. The Kier molecular flexibility index (Phi) is 6.24. The van der Waals surface area contributed by atoms with E-state index in [-0.39, 0.29) is 18.7 Å². The van der Waals surface area contributed by atoms with E-state index in [9.17, 15) is 4.79 Å². The molecular weight excluding hydrogens is 304 g/mol. The Hall–Kier alpha value is -1.59. The zero-order valence-electron chi connectivity index (χ0n) is 15.3. The first kappa shape index (κ1) is 18.7. The summed E-state index contributed by atoms with van der Waals surface area (Å²) >= 11 is 0. The highest BCUT2D eigenvalue weighted by molar-refractivity contribution is 5.69. The zero-order chi connectivity index (χ0) is 17.7. The van der Waals surface area contributed by atoms with E-state index in [4.69, 9.17) is 9.84 Å². The maximum Gasteiger partial charge on any atom is 0.410 e. The van der Waals surface area contributed by atoms with Crippen molar-refractivity contribution in [3.8, 4) is 0 Å². The first-order chi connectivity index (χ1) is 11.3. The van der Waals surface area contributed by atoms with Crippen molar-refractivity contribution in [3.63, 3.8) is 0 Å². The molecule has 1 atom stereocenters. The molecule has 1 aromatic carbocycles. The van der Waals surface area contributed by atoms with E-state index in [0.717, 1.165) is 19.4 Å². The first-order valence-electron chi connectivity index (χ1n) is 8.76. The third-order valence-corrected chi connectivity index (χ3v) is 4.22. The van der Waals surface area contributed by atoms with E-state index in [0.29, 0.717) is 13.1 Å². The van der Waals surface area contributed by atoms with Crippen molar-refractivity contribution in [3.05, 3.63) is 34.9 Å². The molecule has 0 saturated heterocycles. The number of carbonyl (C=O) groups is 1. The molecule has 5 heteroatoms. The average Bonchev–Trinajstić information content (AvgIpc) is 2.52. The number of amides is 1. The lowest BCUT2D eigenvalue weighted by Gasteiger charge is -2.37. The molecule has 0 aromatic heterocycles. The van der Waals surface area contributed by atoms with Gasteiger partial charge in [0, 0.05) is 25.7 Å². The van der Waals surface area contributed by atoms with Crippen LogP contribution in [0, 0.1) is 0 Å². The Bertz CT molecular complexity index is 566. The molecule has 0 aliphatic carbocycles. The number of nitrogens with one attached hydrogen (secondary N) is 1. The Balaban J connectivity index is 2.12. The molecule has 1 amide bonds. The molecule has 0 spiro atoms. The molecule has 134 valence electrons. The molecule has 0 radical (unpaired) electrons. The van der Waals surface area contributed by atoms with Gasteiger partial charge in [-0.2, -0.15) is 0 Å². The Morgan fingerprint density at radius 2 is 2.12 bits per heavy atom.